The van der Waals surface area contributed by atoms with Gasteiger partial charge in [0.05, 0.1) is 28.7 Å². The smallest absolute Gasteiger partial charge is 0.301 e. The summed E-state index contributed by atoms with van der Waals surface area (Å²) < 4.78 is 0. The Balaban J connectivity index is 2.20. The van der Waals surface area contributed by atoms with Gasteiger partial charge in [0.2, 0.25) is 0 Å². The number of nitro groups is 2. The molecular weight excluding hydrogens is 304 g/mol. The van der Waals surface area contributed by atoms with Gasteiger partial charge in [-0.15, -0.1) is 0 Å². The second-order valence-corrected chi connectivity index (χ2v) is 4.49. The number of non-ortho nitro benzene ring substituents is 1. The Kier molecular flexibility index (Phi) is 4.95. The van der Waals surface area contributed by atoms with Gasteiger partial charge in [0.15, 0.2) is 0 Å². The predicted octanol–water partition coefficient (Wildman–Crippen LogP) is 2.44. The molecule has 2 aromatic rings. The number of hydrazone groups is 1. The van der Waals surface area contributed by atoms with Crippen LogP contribution in [0.2, 0.25) is 0 Å². The van der Waals surface area contributed by atoms with E-state index in [0.717, 1.165) is 12.1 Å². The average Bonchev–Trinajstić information content (AvgIpc) is 2.55. The molecule has 23 heavy (non-hydrogen) atoms. The highest BCUT2D eigenvalue weighted by molar-refractivity contribution is 5.81. The van der Waals surface area contributed by atoms with Gasteiger partial charge in [-0.1, -0.05) is 18.2 Å². The van der Waals surface area contributed by atoms with Gasteiger partial charge in [0, 0.05) is 6.07 Å². The van der Waals surface area contributed by atoms with Crippen LogP contribution in [0.4, 0.5) is 17.1 Å². The number of nitrogens with one attached hydrogen (secondary N) is 1. The van der Waals surface area contributed by atoms with Gasteiger partial charge in [-0.3, -0.25) is 25.7 Å². The van der Waals surface area contributed by atoms with Crippen LogP contribution in [0.25, 0.3) is 0 Å². The third-order valence-electron chi connectivity index (χ3n) is 2.92. The van der Waals surface area contributed by atoms with E-state index < -0.39 is 15.5 Å². The van der Waals surface area contributed by atoms with E-state index in [1.807, 2.05) is 0 Å². The van der Waals surface area contributed by atoms with Crippen molar-refractivity contribution in [2.75, 3.05) is 5.43 Å². The minimum atomic E-state index is -0.725. The minimum Gasteiger partial charge on any atom is -0.392 e. The van der Waals surface area contributed by atoms with Gasteiger partial charge in [0.25, 0.3) is 5.69 Å². The van der Waals surface area contributed by atoms with Gasteiger partial charge >= 0.3 is 5.69 Å². The zero-order valence-electron chi connectivity index (χ0n) is 11.7. The molecule has 0 saturated heterocycles. The van der Waals surface area contributed by atoms with Crippen LogP contribution in [0.15, 0.2) is 47.6 Å². The second-order valence-electron chi connectivity index (χ2n) is 4.49. The summed E-state index contributed by atoms with van der Waals surface area (Å²) in [5, 5.41) is 34.6. The third kappa shape index (κ3) is 4.08. The summed E-state index contributed by atoms with van der Waals surface area (Å²) in [7, 11) is 0. The first-order chi connectivity index (χ1) is 11.0. The Labute approximate surface area is 130 Å². The Morgan fingerprint density at radius 1 is 1.13 bits per heavy atom. The van der Waals surface area contributed by atoms with Crippen molar-refractivity contribution in [3.8, 4) is 0 Å². The molecule has 2 N–H and O–H groups in total. The molecule has 9 heteroatoms. The number of hydrogen-bond acceptors (Lipinski definition) is 7. The molecule has 0 radical (unpaired) electrons. The highest BCUT2D eigenvalue weighted by Crippen LogP contribution is 2.28. The summed E-state index contributed by atoms with van der Waals surface area (Å²) in [6.07, 6.45) is 1.42. The summed E-state index contributed by atoms with van der Waals surface area (Å²) in [6.45, 7) is -0.108. The van der Waals surface area contributed by atoms with Crippen LogP contribution in [0.3, 0.4) is 0 Å². The minimum absolute atomic E-state index is 0.0372. The van der Waals surface area contributed by atoms with Gasteiger partial charge in [0.1, 0.15) is 5.69 Å². The van der Waals surface area contributed by atoms with Crippen molar-refractivity contribution in [3.63, 3.8) is 0 Å². The molecule has 0 fully saturated rings. The van der Waals surface area contributed by atoms with E-state index in [2.05, 4.69) is 10.5 Å². The quantitative estimate of drug-likeness (QED) is 0.478. The zero-order valence-corrected chi connectivity index (χ0v) is 11.7. The Morgan fingerprint density at radius 3 is 2.57 bits per heavy atom. The molecule has 0 amide bonds. The lowest BCUT2D eigenvalue weighted by atomic mass is 10.1. The first-order valence-electron chi connectivity index (χ1n) is 6.43. The van der Waals surface area contributed by atoms with Gasteiger partial charge in [-0.2, -0.15) is 5.10 Å². The van der Waals surface area contributed by atoms with Crippen LogP contribution >= 0.6 is 0 Å². The normalized spacial score (nSPS) is 10.7. The molecule has 0 aliphatic heterocycles. The van der Waals surface area contributed by atoms with Crippen LogP contribution in [-0.4, -0.2) is 21.2 Å². The van der Waals surface area contributed by atoms with E-state index >= 15 is 0 Å². The molecule has 0 aliphatic rings. The molecule has 2 rings (SSSR count). The molecule has 0 unspecified atom stereocenters. The van der Waals surface area contributed by atoms with Crippen LogP contribution in [-0.2, 0) is 6.61 Å². The second kappa shape index (κ2) is 7.09. The Bertz CT molecular complexity index is 776. The predicted molar refractivity (Wildman–Crippen MR) is 83.3 cm³/mol. The van der Waals surface area contributed by atoms with Crippen LogP contribution in [0, 0.1) is 20.2 Å². The van der Waals surface area contributed by atoms with Crippen molar-refractivity contribution < 1.29 is 15.0 Å². The molecule has 0 heterocycles. The third-order valence-corrected chi connectivity index (χ3v) is 2.92. The summed E-state index contributed by atoms with van der Waals surface area (Å²) >= 11 is 0. The Hall–Kier alpha value is -3.33. The SMILES string of the molecule is O=[N+]([O-])c1ccc(NN=Cc2cccc(CO)c2)c([N+](=O)[O-])c1. The molecular formula is C14H12N4O5. The van der Waals surface area contributed by atoms with Crippen molar-refractivity contribution >= 4 is 23.3 Å². The van der Waals surface area contributed by atoms with E-state index in [9.17, 15) is 20.2 Å². The number of aliphatic hydroxyl groups is 1. The fourth-order valence-electron chi connectivity index (χ4n) is 1.83. The lowest BCUT2D eigenvalue weighted by Crippen LogP contribution is -1.98. The number of hydrogen-bond donors (Lipinski definition) is 2. The largest absolute Gasteiger partial charge is 0.392 e. The summed E-state index contributed by atoms with van der Waals surface area (Å²) in [4.78, 5) is 20.2. The molecule has 0 spiro atoms. The Morgan fingerprint density at radius 2 is 1.91 bits per heavy atom. The maximum Gasteiger partial charge on any atom is 0.301 e. The van der Waals surface area contributed by atoms with Crippen LogP contribution < -0.4 is 5.43 Å². The fourth-order valence-corrected chi connectivity index (χ4v) is 1.83. The molecule has 0 bridgehead atoms. The molecule has 0 saturated carbocycles. The fraction of sp³-hybridized carbons (Fsp3) is 0.0714. The van der Waals surface area contributed by atoms with E-state index in [0.29, 0.717) is 11.1 Å². The van der Waals surface area contributed by atoms with Crippen molar-refractivity contribution in [2.24, 2.45) is 5.10 Å². The standard InChI is InChI=1S/C14H12N4O5/c19-9-11-3-1-2-10(6-11)8-15-16-13-5-4-12(17(20)21)7-14(13)18(22)23/h1-8,16,19H,9H2. The number of nitrogens with zero attached hydrogens (tertiary/aromatic N) is 3. The van der Waals surface area contributed by atoms with E-state index in [4.69, 9.17) is 5.11 Å². The van der Waals surface area contributed by atoms with Crippen molar-refractivity contribution in [3.05, 3.63) is 73.8 Å². The zero-order chi connectivity index (χ0) is 16.8. The van der Waals surface area contributed by atoms with Gasteiger partial charge in [-0.25, -0.2) is 0 Å². The maximum absolute atomic E-state index is 11.0. The molecule has 0 aliphatic carbocycles. The molecule has 118 valence electrons. The highest BCUT2D eigenvalue weighted by atomic mass is 16.6. The maximum atomic E-state index is 11.0. The number of anilines is 1. The monoisotopic (exact) mass is 316 g/mol. The number of rotatable bonds is 6. The van der Waals surface area contributed by atoms with E-state index in [1.54, 1.807) is 24.3 Å². The van der Waals surface area contributed by atoms with Gasteiger partial charge in [-0.05, 0) is 23.3 Å². The molecule has 2 aromatic carbocycles. The molecule has 9 nitrogen and oxygen atoms in total. The average molecular weight is 316 g/mol. The first-order valence-corrected chi connectivity index (χ1v) is 6.43. The number of aliphatic hydroxyl groups excluding tert-OH is 1. The molecule has 0 aromatic heterocycles. The van der Waals surface area contributed by atoms with E-state index in [1.165, 1.54) is 12.3 Å². The summed E-state index contributed by atoms with van der Waals surface area (Å²) in [5.74, 6) is 0. The topological polar surface area (TPSA) is 131 Å². The van der Waals surface area contributed by atoms with Crippen molar-refractivity contribution in [1.82, 2.24) is 0 Å². The van der Waals surface area contributed by atoms with E-state index in [-0.39, 0.29) is 18.0 Å². The lowest BCUT2D eigenvalue weighted by Gasteiger charge is -2.02. The number of benzene rings is 2. The van der Waals surface area contributed by atoms with Gasteiger partial charge < -0.3 is 5.11 Å². The highest BCUT2D eigenvalue weighted by Gasteiger charge is 2.18. The summed E-state index contributed by atoms with van der Waals surface area (Å²) in [6, 6.07) is 10.2. The van der Waals surface area contributed by atoms with Crippen LogP contribution in [0.5, 0.6) is 0 Å². The summed E-state index contributed by atoms with van der Waals surface area (Å²) in [5.41, 5.74) is 3.10. The van der Waals surface area contributed by atoms with Crippen LogP contribution in [0.1, 0.15) is 11.1 Å². The van der Waals surface area contributed by atoms with Crippen molar-refractivity contribution in [1.29, 1.82) is 0 Å². The first kappa shape index (κ1) is 16.0. The number of nitro benzene ring substituents is 2. The lowest BCUT2D eigenvalue weighted by molar-refractivity contribution is -0.393. The molecule has 0 atom stereocenters. The van der Waals surface area contributed by atoms with Crippen molar-refractivity contribution in [2.45, 2.75) is 6.61 Å².